The summed E-state index contributed by atoms with van der Waals surface area (Å²) in [7, 11) is 3.83. The minimum Gasteiger partial charge on any atom is -0.362 e. The fraction of sp³-hybridized carbons (Fsp3) is 0.263. The van der Waals surface area contributed by atoms with E-state index in [1.807, 2.05) is 38.1 Å². The minimum atomic E-state index is -0.306. The zero-order chi connectivity index (χ0) is 18.0. The normalized spacial score (nSPS) is 10.9. The molecule has 0 aliphatic carbocycles. The van der Waals surface area contributed by atoms with Crippen LogP contribution in [0.3, 0.4) is 0 Å². The molecule has 0 fully saturated rings. The largest absolute Gasteiger partial charge is 0.362 e. The van der Waals surface area contributed by atoms with E-state index in [4.69, 9.17) is 0 Å². The number of hydrogen-bond donors (Lipinski definition) is 2. The van der Waals surface area contributed by atoms with Crippen molar-refractivity contribution in [3.05, 3.63) is 59.2 Å². The Morgan fingerprint density at radius 3 is 2.88 bits per heavy atom. The van der Waals surface area contributed by atoms with Crippen molar-refractivity contribution in [2.24, 2.45) is 0 Å². The molecular formula is C19H21FN4O. The maximum atomic E-state index is 13.5. The van der Waals surface area contributed by atoms with E-state index < -0.39 is 0 Å². The Balaban J connectivity index is 1.74. The van der Waals surface area contributed by atoms with Crippen molar-refractivity contribution in [1.82, 2.24) is 15.3 Å². The Bertz CT molecular complexity index is 917. The van der Waals surface area contributed by atoms with Gasteiger partial charge >= 0.3 is 0 Å². The van der Waals surface area contributed by atoms with E-state index in [1.165, 1.54) is 12.1 Å². The van der Waals surface area contributed by atoms with Gasteiger partial charge in [-0.2, -0.15) is 0 Å². The van der Waals surface area contributed by atoms with Gasteiger partial charge in [-0.3, -0.25) is 4.79 Å². The molecule has 1 amide bonds. The molecule has 6 heteroatoms. The number of pyridine rings is 1. The van der Waals surface area contributed by atoms with E-state index in [2.05, 4.69) is 15.3 Å². The average molecular weight is 340 g/mol. The lowest BCUT2D eigenvalue weighted by atomic mass is 10.1. The van der Waals surface area contributed by atoms with Crippen molar-refractivity contribution in [1.29, 1.82) is 0 Å². The van der Waals surface area contributed by atoms with Crippen LogP contribution >= 0.6 is 0 Å². The van der Waals surface area contributed by atoms with E-state index in [1.54, 1.807) is 12.3 Å². The molecular weight excluding hydrogens is 319 g/mol. The van der Waals surface area contributed by atoms with Gasteiger partial charge in [-0.25, -0.2) is 9.37 Å². The average Bonchev–Trinajstić information content (AvgIpc) is 2.88. The van der Waals surface area contributed by atoms with E-state index >= 15 is 0 Å². The zero-order valence-corrected chi connectivity index (χ0v) is 14.6. The second-order valence-electron chi connectivity index (χ2n) is 6.25. The van der Waals surface area contributed by atoms with Crippen molar-refractivity contribution in [3.63, 3.8) is 0 Å². The lowest BCUT2D eigenvalue weighted by Gasteiger charge is -2.16. The first-order valence-corrected chi connectivity index (χ1v) is 8.10. The summed E-state index contributed by atoms with van der Waals surface area (Å²) in [6.07, 6.45) is 1.93. The quantitative estimate of drug-likeness (QED) is 0.751. The number of rotatable bonds is 5. The predicted octanol–water partition coefficient (Wildman–Crippen LogP) is 2.94. The van der Waals surface area contributed by atoms with Gasteiger partial charge in [-0.15, -0.1) is 0 Å². The van der Waals surface area contributed by atoms with E-state index in [9.17, 15) is 9.18 Å². The third kappa shape index (κ3) is 3.63. The number of hydrogen-bond acceptors (Lipinski definition) is 3. The highest BCUT2D eigenvalue weighted by Gasteiger charge is 2.14. The Hall–Kier alpha value is -2.89. The van der Waals surface area contributed by atoms with Crippen LogP contribution in [-0.4, -0.2) is 30.0 Å². The number of aromatic amines is 1. The van der Waals surface area contributed by atoms with Crippen molar-refractivity contribution in [3.8, 4) is 0 Å². The Kier molecular flexibility index (Phi) is 4.70. The topological polar surface area (TPSA) is 61.0 Å². The molecule has 1 aromatic carbocycles. The Morgan fingerprint density at radius 1 is 1.32 bits per heavy atom. The summed E-state index contributed by atoms with van der Waals surface area (Å²) < 4.78 is 13.5. The molecule has 130 valence electrons. The van der Waals surface area contributed by atoms with Crippen molar-refractivity contribution in [2.75, 3.05) is 19.0 Å². The van der Waals surface area contributed by atoms with Crippen molar-refractivity contribution in [2.45, 2.75) is 19.9 Å². The van der Waals surface area contributed by atoms with Crippen LogP contribution in [0.15, 0.2) is 36.5 Å². The molecule has 2 N–H and O–H groups in total. The van der Waals surface area contributed by atoms with Gasteiger partial charge in [0.05, 0.1) is 6.42 Å². The molecule has 0 bridgehead atoms. The number of nitrogens with one attached hydrogen (secondary N) is 2. The third-order valence-corrected chi connectivity index (χ3v) is 4.19. The molecule has 0 aliphatic rings. The first-order valence-electron chi connectivity index (χ1n) is 8.10. The van der Waals surface area contributed by atoms with E-state index in [0.717, 1.165) is 33.5 Å². The molecule has 3 aromatic rings. The number of aryl methyl sites for hydroxylation is 1. The summed E-state index contributed by atoms with van der Waals surface area (Å²) in [6.45, 7) is 2.29. The molecule has 0 unspecified atom stereocenters. The zero-order valence-electron chi connectivity index (χ0n) is 14.6. The van der Waals surface area contributed by atoms with Crippen LogP contribution in [0.5, 0.6) is 0 Å². The lowest BCUT2D eigenvalue weighted by Crippen LogP contribution is -2.26. The SMILES string of the molecule is Cc1[nH]c2ccc(F)cc2c1CC(=O)NCc1cccnc1N(C)C. The summed E-state index contributed by atoms with van der Waals surface area (Å²) in [5.41, 5.74) is 3.49. The molecule has 0 aliphatic heterocycles. The van der Waals surface area contributed by atoms with Gasteiger partial charge < -0.3 is 15.2 Å². The standard InChI is InChI=1S/C19H21FN4O/c1-12-15(16-9-14(20)6-7-17(16)23-12)10-18(25)22-11-13-5-4-8-21-19(13)24(2)3/h4-9,23H,10-11H2,1-3H3,(H,22,25). The van der Waals surface area contributed by atoms with Crippen molar-refractivity contribution >= 4 is 22.6 Å². The summed E-state index contributed by atoms with van der Waals surface area (Å²) in [6, 6.07) is 8.36. The first-order chi connectivity index (χ1) is 12.0. The number of aromatic nitrogens is 2. The van der Waals surface area contributed by atoms with Crippen LogP contribution in [0.1, 0.15) is 16.8 Å². The predicted molar refractivity (Wildman–Crippen MR) is 97.1 cm³/mol. The maximum Gasteiger partial charge on any atom is 0.224 e. The van der Waals surface area contributed by atoms with Crippen LogP contribution in [0.2, 0.25) is 0 Å². The highest BCUT2D eigenvalue weighted by atomic mass is 19.1. The molecule has 2 heterocycles. The third-order valence-electron chi connectivity index (χ3n) is 4.19. The molecule has 2 aromatic heterocycles. The van der Waals surface area contributed by atoms with Crippen molar-refractivity contribution < 1.29 is 9.18 Å². The van der Waals surface area contributed by atoms with Gasteiger partial charge in [-0.05, 0) is 36.8 Å². The molecule has 0 spiro atoms. The van der Waals surface area contributed by atoms with Gasteiger partial charge in [0.15, 0.2) is 0 Å². The van der Waals surface area contributed by atoms with Gasteiger partial charge in [0.2, 0.25) is 5.91 Å². The number of anilines is 1. The molecule has 25 heavy (non-hydrogen) atoms. The van der Waals surface area contributed by atoms with Crippen LogP contribution < -0.4 is 10.2 Å². The van der Waals surface area contributed by atoms with Gasteiger partial charge in [-0.1, -0.05) is 6.07 Å². The van der Waals surface area contributed by atoms with Crippen LogP contribution in [0, 0.1) is 12.7 Å². The van der Waals surface area contributed by atoms with Gasteiger partial charge in [0, 0.05) is 49.0 Å². The highest BCUT2D eigenvalue weighted by molar-refractivity contribution is 5.90. The first kappa shape index (κ1) is 17.0. The second-order valence-corrected chi connectivity index (χ2v) is 6.25. The Morgan fingerprint density at radius 2 is 2.12 bits per heavy atom. The number of fused-ring (bicyclic) bond motifs is 1. The smallest absolute Gasteiger partial charge is 0.224 e. The molecule has 0 saturated carbocycles. The fourth-order valence-electron chi connectivity index (χ4n) is 2.97. The number of carbonyl (C=O) groups is 1. The monoisotopic (exact) mass is 340 g/mol. The molecule has 0 saturated heterocycles. The summed E-state index contributed by atoms with van der Waals surface area (Å²) in [5, 5.41) is 3.68. The lowest BCUT2D eigenvalue weighted by molar-refractivity contribution is -0.120. The number of benzene rings is 1. The number of H-pyrrole nitrogens is 1. The fourth-order valence-corrected chi connectivity index (χ4v) is 2.97. The van der Waals surface area contributed by atoms with E-state index in [0.29, 0.717) is 6.54 Å². The summed E-state index contributed by atoms with van der Waals surface area (Å²) in [5.74, 6) is 0.411. The minimum absolute atomic E-state index is 0.109. The van der Waals surface area contributed by atoms with Gasteiger partial charge in [0.25, 0.3) is 0 Å². The Labute approximate surface area is 145 Å². The maximum absolute atomic E-state index is 13.5. The summed E-state index contributed by atoms with van der Waals surface area (Å²) >= 11 is 0. The second kappa shape index (κ2) is 6.93. The van der Waals surface area contributed by atoms with Crippen LogP contribution in [0.25, 0.3) is 10.9 Å². The molecule has 0 radical (unpaired) electrons. The number of carbonyl (C=O) groups excluding carboxylic acids is 1. The summed E-state index contributed by atoms with van der Waals surface area (Å²) in [4.78, 5) is 21.8. The van der Waals surface area contributed by atoms with Crippen LogP contribution in [-0.2, 0) is 17.8 Å². The molecule has 0 atom stereocenters. The number of amides is 1. The number of halogens is 1. The molecule has 5 nitrogen and oxygen atoms in total. The molecule has 3 rings (SSSR count). The van der Waals surface area contributed by atoms with Crippen LogP contribution in [0.4, 0.5) is 10.2 Å². The van der Waals surface area contributed by atoms with E-state index in [-0.39, 0.29) is 18.1 Å². The highest BCUT2D eigenvalue weighted by Crippen LogP contribution is 2.23. The number of nitrogens with zero attached hydrogens (tertiary/aromatic N) is 2. The van der Waals surface area contributed by atoms with Gasteiger partial charge in [0.1, 0.15) is 11.6 Å².